The number of benzene rings is 4. The van der Waals surface area contributed by atoms with Crippen LogP contribution in [0.5, 0.6) is 0 Å². The van der Waals surface area contributed by atoms with E-state index in [9.17, 15) is 0 Å². The number of hydrogen-bond donors (Lipinski definition) is 0. The maximum atomic E-state index is 6.45. The van der Waals surface area contributed by atoms with E-state index < -0.39 is 0 Å². The van der Waals surface area contributed by atoms with Gasteiger partial charge < -0.3 is 14.5 Å². The standard InChI is InChI=1S/C38H48N2O/c1-29-17-19-35(37(31(29)3)21-23-39(5)25-33-13-9-7-10-14-33)27-41-28-36-20-18-30(2)32(4)38(36)22-24-40(6)26-34-15-11-8-12-16-34/h7-20H,21-28H2,1-6H3. The van der Waals surface area contributed by atoms with Crippen LogP contribution in [0.25, 0.3) is 0 Å². The second kappa shape index (κ2) is 15.1. The highest BCUT2D eigenvalue weighted by molar-refractivity contribution is 5.41. The van der Waals surface area contributed by atoms with Crippen molar-refractivity contribution in [3.8, 4) is 0 Å². The van der Waals surface area contributed by atoms with E-state index >= 15 is 0 Å². The maximum absolute atomic E-state index is 6.45. The zero-order chi connectivity index (χ0) is 29.2. The molecule has 0 amide bonds. The predicted octanol–water partition coefficient (Wildman–Crippen LogP) is 7.99. The van der Waals surface area contributed by atoms with E-state index in [-0.39, 0.29) is 0 Å². The largest absolute Gasteiger partial charge is 0.372 e. The van der Waals surface area contributed by atoms with Crippen LogP contribution in [0.1, 0.15) is 55.6 Å². The normalized spacial score (nSPS) is 11.5. The molecule has 4 aromatic carbocycles. The molecule has 4 rings (SSSR count). The highest BCUT2D eigenvalue weighted by Crippen LogP contribution is 2.24. The summed E-state index contributed by atoms with van der Waals surface area (Å²) in [5.41, 5.74) is 13.7. The fraction of sp³-hybridized carbons (Fsp3) is 0.368. The minimum Gasteiger partial charge on any atom is -0.372 e. The van der Waals surface area contributed by atoms with Gasteiger partial charge in [0, 0.05) is 26.2 Å². The third-order valence-corrected chi connectivity index (χ3v) is 8.53. The van der Waals surface area contributed by atoms with Crippen LogP contribution in [0.4, 0.5) is 0 Å². The molecule has 4 aromatic rings. The number of likely N-dealkylation sites (N-methyl/N-ethyl adjacent to an activating group) is 2. The van der Waals surface area contributed by atoms with Gasteiger partial charge in [0.1, 0.15) is 0 Å². The van der Waals surface area contributed by atoms with Crippen LogP contribution >= 0.6 is 0 Å². The fourth-order valence-electron chi connectivity index (χ4n) is 5.65. The van der Waals surface area contributed by atoms with Crippen LogP contribution in [0.2, 0.25) is 0 Å². The number of nitrogens with zero attached hydrogens (tertiary/aromatic N) is 2. The molecule has 0 saturated carbocycles. The van der Waals surface area contributed by atoms with Crippen LogP contribution < -0.4 is 0 Å². The Bertz CT molecular complexity index is 1270. The van der Waals surface area contributed by atoms with E-state index in [4.69, 9.17) is 4.74 Å². The van der Waals surface area contributed by atoms with Crippen molar-refractivity contribution in [1.82, 2.24) is 9.80 Å². The predicted molar refractivity (Wildman–Crippen MR) is 173 cm³/mol. The average molecular weight is 549 g/mol. The molecule has 0 unspecified atom stereocenters. The lowest BCUT2D eigenvalue weighted by atomic mass is 9.94. The molecule has 0 saturated heterocycles. The Hall–Kier alpha value is -3.24. The minimum atomic E-state index is 0.638. The summed E-state index contributed by atoms with van der Waals surface area (Å²) in [5.74, 6) is 0. The van der Waals surface area contributed by atoms with Gasteiger partial charge in [-0.15, -0.1) is 0 Å². The van der Waals surface area contributed by atoms with Crippen molar-refractivity contribution in [2.24, 2.45) is 0 Å². The molecule has 0 atom stereocenters. The first-order valence-electron chi connectivity index (χ1n) is 15.0. The summed E-state index contributed by atoms with van der Waals surface area (Å²) in [5, 5.41) is 0. The Morgan fingerprint density at radius 3 is 1.29 bits per heavy atom. The second-order valence-corrected chi connectivity index (χ2v) is 11.7. The molecule has 41 heavy (non-hydrogen) atoms. The zero-order valence-corrected chi connectivity index (χ0v) is 26.0. The first-order valence-corrected chi connectivity index (χ1v) is 15.0. The van der Waals surface area contributed by atoms with Gasteiger partial charge in [0.25, 0.3) is 0 Å². The molecule has 0 bridgehead atoms. The molecule has 0 spiro atoms. The SMILES string of the molecule is Cc1ccc(COCc2ccc(C)c(C)c2CCN(C)Cc2ccccc2)c(CCN(C)Cc2ccccc2)c1C. The van der Waals surface area contributed by atoms with Crippen molar-refractivity contribution in [2.75, 3.05) is 27.2 Å². The topological polar surface area (TPSA) is 15.7 Å². The lowest BCUT2D eigenvalue weighted by Crippen LogP contribution is -2.22. The third kappa shape index (κ3) is 8.87. The molecule has 3 heteroatoms. The third-order valence-electron chi connectivity index (χ3n) is 8.53. The van der Waals surface area contributed by atoms with Crippen LogP contribution in [-0.4, -0.2) is 37.0 Å². The van der Waals surface area contributed by atoms with Gasteiger partial charge in [0.2, 0.25) is 0 Å². The van der Waals surface area contributed by atoms with Gasteiger partial charge in [-0.2, -0.15) is 0 Å². The van der Waals surface area contributed by atoms with Gasteiger partial charge in [-0.3, -0.25) is 0 Å². The molecule has 0 aliphatic heterocycles. The second-order valence-electron chi connectivity index (χ2n) is 11.7. The van der Waals surface area contributed by atoms with Crippen molar-refractivity contribution >= 4 is 0 Å². The van der Waals surface area contributed by atoms with Crippen molar-refractivity contribution in [3.63, 3.8) is 0 Å². The molecule has 216 valence electrons. The van der Waals surface area contributed by atoms with Gasteiger partial charge in [0.15, 0.2) is 0 Å². The van der Waals surface area contributed by atoms with Gasteiger partial charge in [-0.05, 0) is 110 Å². The van der Waals surface area contributed by atoms with E-state index in [0.717, 1.165) is 39.0 Å². The van der Waals surface area contributed by atoms with Gasteiger partial charge in [-0.25, -0.2) is 0 Å². The molecule has 0 aliphatic carbocycles. The first kappa shape index (κ1) is 30.7. The van der Waals surface area contributed by atoms with E-state index in [1.165, 1.54) is 55.6 Å². The summed E-state index contributed by atoms with van der Waals surface area (Å²) in [4.78, 5) is 4.83. The lowest BCUT2D eigenvalue weighted by molar-refractivity contribution is 0.106. The summed E-state index contributed by atoms with van der Waals surface area (Å²) in [6.45, 7) is 14.2. The van der Waals surface area contributed by atoms with Gasteiger partial charge in [-0.1, -0.05) is 84.9 Å². The molecule has 0 N–H and O–H groups in total. The number of rotatable bonds is 14. The van der Waals surface area contributed by atoms with Gasteiger partial charge >= 0.3 is 0 Å². The smallest absolute Gasteiger partial charge is 0.0724 e. The Morgan fingerprint density at radius 1 is 0.512 bits per heavy atom. The van der Waals surface area contributed by atoms with E-state index in [1.807, 2.05) is 0 Å². The van der Waals surface area contributed by atoms with E-state index in [0.29, 0.717) is 13.2 Å². The van der Waals surface area contributed by atoms with Crippen molar-refractivity contribution in [1.29, 1.82) is 0 Å². The van der Waals surface area contributed by atoms with E-state index in [2.05, 4.69) is 137 Å². The number of ether oxygens (including phenoxy) is 1. The Balaban J connectivity index is 1.38. The van der Waals surface area contributed by atoms with Crippen LogP contribution in [0.3, 0.4) is 0 Å². The highest BCUT2D eigenvalue weighted by Gasteiger charge is 2.13. The number of aryl methyl sites for hydroxylation is 2. The van der Waals surface area contributed by atoms with Crippen molar-refractivity contribution in [3.05, 3.63) is 141 Å². The van der Waals surface area contributed by atoms with Crippen LogP contribution in [0.15, 0.2) is 84.9 Å². The molecule has 0 aliphatic rings. The molecule has 0 heterocycles. The van der Waals surface area contributed by atoms with E-state index in [1.54, 1.807) is 0 Å². The molecule has 3 nitrogen and oxygen atoms in total. The molecule has 0 fully saturated rings. The Labute approximate surface area is 248 Å². The Morgan fingerprint density at radius 2 is 0.902 bits per heavy atom. The zero-order valence-electron chi connectivity index (χ0n) is 26.0. The number of hydrogen-bond acceptors (Lipinski definition) is 3. The summed E-state index contributed by atoms with van der Waals surface area (Å²) < 4.78 is 6.45. The molecular formula is C38H48N2O. The fourth-order valence-corrected chi connectivity index (χ4v) is 5.65. The quantitative estimate of drug-likeness (QED) is 0.159. The summed E-state index contributed by atoms with van der Waals surface area (Å²) in [6.07, 6.45) is 2.05. The Kier molecular flexibility index (Phi) is 11.3. The van der Waals surface area contributed by atoms with Crippen LogP contribution in [0, 0.1) is 27.7 Å². The van der Waals surface area contributed by atoms with Gasteiger partial charge in [0.05, 0.1) is 13.2 Å². The molecule has 0 aromatic heterocycles. The monoisotopic (exact) mass is 548 g/mol. The highest BCUT2D eigenvalue weighted by atomic mass is 16.5. The summed E-state index contributed by atoms with van der Waals surface area (Å²) in [7, 11) is 4.43. The summed E-state index contributed by atoms with van der Waals surface area (Å²) in [6, 6.07) is 30.5. The lowest BCUT2D eigenvalue weighted by Gasteiger charge is -2.21. The minimum absolute atomic E-state index is 0.638. The molecule has 0 radical (unpaired) electrons. The maximum Gasteiger partial charge on any atom is 0.0724 e. The van der Waals surface area contributed by atoms with Crippen molar-refractivity contribution in [2.45, 2.75) is 66.8 Å². The van der Waals surface area contributed by atoms with Crippen molar-refractivity contribution < 1.29 is 4.74 Å². The molecular weight excluding hydrogens is 500 g/mol. The van der Waals surface area contributed by atoms with Crippen LogP contribution in [-0.2, 0) is 43.9 Å². The summed E-state index contributed by atoms with van der Waals surface area (Å²) >= 11 is 0. The average Bonchev–Trinajstić information content (AvgIpc) is 2.97. The first-order chi connectivity index (χ1) is 19.8.